The van der Waals surface area contributed by atoms with Crippen molar-refractivity contribution in [2.45, 2.75) is 12.2 Å². The molecular formula is C4H5N5O. The van der Waals surface area contributed by atoms with Crippen molar-refractivity contribution >= 4 is 12.2 Å². The van der Waals surface area contributed by atoms with Crippen LogP contribution in [0.25, 0.3) is 10.3 Å². The summed E-state index contributed by atoms with van der Waals surface area (Å²) in [5.74, 6) is -0.639. The number of carbonyl (C=O) groups is 1. The van der Waals surface area contributed by atoms with Crippen LogP contribution in [-0.2, 0) is 4.79 Å². The van der Waals surface area contributed by atoms with Crippen molar-refractivity contribution in [3.8, 4) is 0 Å². The number of nitrogens with zero attached hydrogens (tertiary/aromatic N) is 4. The van der Waals surface area contributed by atoms with Crippen LogP contribution in [0, 0.1) is 5.39 Å². The third-order valence-electron chi connectivity index (χ3n) is 1.14. The minimum absolute atomic E-state index is 0.639. The molecule has 2 unspecified atom stereocenters. The topological polar surface area (TPSA) is 97.7 Å². The Balaban J connectivity index is 2.67. The molecule has 0 fully saturated rings. The Morgan fingerprint density at radius 1 is 1.90 bits per heavy atom. The van der Waals surface area contributed by atoms with Crippen molar-refractivity contribution in [1.82, 2.24) is 0 Å². The van der Waals surface area contributed by atoms with E-state index in [2.05, 4.69) is 15.3 Å². The monoisotopic (exact) mass is 139 g/mol. The number of primary amides is 1. The third kappa shape index (κ3) is 0.886. The zero-order valence-corrected chi connectivity index (χ0v) is 5.01. The van der Waals surface area contributed by atoms with Crippen LogP contribution in [0.1, 0.15) is 0 Å². The van der Waals surface area contributed by atoms with Gasteiger partial charge >= 0.3 is 6.17 Å². The van der Waals surface area contributed by atoms with E-state index in [1.807, 2.05) is 0 Å². The first kappa shape index (κ1) is 6.48. The maximum absolute atomic E-state index is 10.4. The first-order valence-corrected chi connectivity index (χ1v) is 2.61. The van der Waals surface area contributed by atoms with E-state index in [0.717, 1.165) is 0 Å². The van der Waals surface area contributed by atoms with Crippen LogP contribution >= 0.6 is 0 Å². The summed E-state index contributed by atoms with van der Waals surface area (Å²) in [6.45, 7) is 0. The number of amides is 1. The Labute approximate surface area is 56.7 Å². The Kier molecular flexibility index (Phi) is 1.49. The highest BCUT2D eigenvalue weighted by atomic mass is 16.1. The molecule has 2 N–H and O–H groups in total. The Bertz CT molecular complexity index is 216. The smallest absolute Gasteiger partial charge is 0.343 e. The van der Waals surface area contributed by atoms with Crippen LogP contribution in [0.5, 0.6) is 0 Å². The number of nitrogens with two attached hydrogens (primary N) is 1. The SMILES string of the molecule is N#[N+]C1N=C[N-]C1C(N)=O. The maximum Gasteiger partial charge on any atom is 0.343 e. The summed E-state index contributed by atoms with van der Waals surface area (Å²) in [6.07, 6.45) is 0.331. The average Bonchev–Trinajstić information content (AvgIpc) is 2.33. The van der Waals surface area contributed by atoms with Crippen LogP contribution in [0.2, 0.25) is 0 Å². The fourth-order valence-corrected chi connectivity index (χ4v) is 0.650. The van der Waals surface area contributed by atoms with E-state index in [9.17, 15) is 4.79 Å². The first-order chi connectivity index (χ1) is 4.75. The highest BCUT2D eigenvalue weighted by Crippen LogP contribution is 2.14. The number of carbonyl (C=O) groups excluding carboxylic acids is 1. The fourth-order valence-electron chi connectivity index (χ4n) is 0.650. The van der Waals surface area contributed by atoms with Gasteiger partial charge in [0.15, 0.2) is 0 Å². The van der Waals surface area contributed by atoms with Gasteiger partial charge in [-0.15, -0.1) is 0 Å². The molecule has 0 aromatic heterocycles. The van der Waals surface area contributed by atoms with Gasteiger partial charge in [0.25, 0.3) is 0 Å². The number of hydrogen-bond acceptors (Lipinski definition) is 3. The molecule has 1 rings (SSSR count). The fraction of sp³-hybridized carbons (Fsp3) is 0.500. The standard InChI is InChI=1S/C4H5N5O/c5-3(10)2-4(9-6)8-1-7-2/h1-2,4H,(H2-,5,7,8,10). The molecule has 2 atom stereocenters. The summed E-state index contributed by atoms with van der Waals surface area (Å²) in [5.41, 5.74) is 4.88. The summed E-state index contributed by atoms with van der Waals surface area (Å²) >= 11 is 0. The third-order valence-corrected chi connectivity index (χ3v) is 1.14. The minimum atomic E-state index is -0.836. The van der Waals surface area contributed by atoms with Crippen LogP contribution in [0.15, 0.2) is 4.99 Å². The second-order valence-electron chi connectivity index (χ2n) is 1.79. The second kappa shape index (κ2) is 2.31. The van der Waals surface area contributed by atoms with Gasteiger partial charge in [0.1, 0.15) is 11.0 Å². The Morgan fingerprint density at radius 3 is 3.00 bits per heavy atom. The zero-order chi connectivity index (χ0) is 7.56. The molecule has 52 valence electrons. The first-order valence-electron chi connectivity index (χ1n) is 2.61. The van der Waals surface area contributed by atoms with E-state index in [1.165, 1.54) is 6.34 Å². The maximum atomic E-state index is 10.4. The van der Waals surface area contributed by atoms with E-state index < -0.39 is 18.1 Å². The van der Waals surface area contributed by atoms with Gasteiger partial charge in [-0.05, 0) is 0 Å². The molecule has 0 aliphatic carbocycles. The van der Waals surface area contributed by atoms with Crippen molar-refractivity contribution in [2.24, 2.45) is 10.7 Å². The molecular weight excluding hydrogens is 134 g/mol. The predicted molar refractivity (Wildman–Crippen MR) is 33.7 cm³/mol. The van der Waals surface area contributed by atoms with E-state index >= 15 is 0 Å². The quantitative estimate of drug-likeness (QED) is 0.492. The van der Waals surface area contributed by atoms with Crippen molar-refractivity contribution in [3.63, 3.8) is 0 Å². The van der Waals surface area contributed by atoms with Gasteiger partial charge in [-0.25, -0.2) is 0 Å². The summed E-state index contributed by atoms with van der Waals surface area (Å²) in [6, 6.07) is -0.829. The Hall–Kier alpha value is -1.64. The summed E-state index contributed by atoms with van der Waals surface area (Å²) in [5, 5.41) is 11.8. The molecule has 0 saturated heterocycles. The van der Waals surface area contributed by atoms with Crippen molar-refractivity contribution in [2.75, 3.05) is 0 Å². The van der Waals surface area contributed by atoms with Gasteiger partial charge in [0.05, 0.1) is 0 Å². The van der Waals surface area contributed by atoms with Crippen molar-refractivity contribution in [1.29, 1.82) is 5.39 Å². The molecule has 1 aliphatic heterocycles. The van der Waals surface area contributed by atoms with E-state index in [0.29, 0.717) is 0 Å². The molecule has 6 heteroatoms. The van der Waals surface area contributed by atoms with Crippen molar-refractivity contribution in [3.05, 3.63) is 10.3 Å². The molecule has 10 heavy (non-hydrogen) atoms. The van der Waals surface area contributed by atoms with Crippen LogP contribution in [0.4, 0.5) is 0 Å². The van der Waals surface area contributed by atoms with Gasteiger partial charge in [-0.3, -0.25) is 4.79 Å². The molecule has 1 aliphatic rings. The number of hydrogen-bond donors (Lipinski definition) is 1. The lowest BCUT2D eigenvalue weighted by Crippen LogP contribution is -2.32. The van der Waals surface area contributed by atoms with E-state index in [1.54, 1.807) is 0 Å². The lowest BCUT2D eigenvalue weighted by Gasteiger charge is -2.06. The van der Waals surface area contributed by atoms with Gasteiger partial charge < -0.3 is 16.0 Å². The predicted octanol–water partition coefficient (Wildman–Crippen LogP) is -0.565. The van der Waals surface area contributed by atoms with Gasteiger partial charge in [0, 0.05) is 0 Å². The highest BCUT2D eigenvalue weighted by Gasteiger charge is 2.30. The van der Waals surface area contributed by atoms with E-state index in [-0.39, 0.29) is 0 Å². The minimum Gasteiger partial charge on any atom is -0.453 e. The molecule has 1 amide bonds. The summed E-state index contributed by atoms with van der Waals surface area (Å²) in [4.78, 5) is 16.8. The molecule has 6 nitrogen and oxygen atoms in total. The number of aliphatic imine (C=N–C) groups is 1. The molecule has 0 aromatic rings. The molecule has 0 radical (unpaired) electrons. The second-order valence-corrected chi connectivity index (χ2v) is 1.79. The Morgan fingerprint density at radius 2 is 2.60 bits per heavy atom. The lowest BCUT2D eigenvalue weighted by atomic mass is 10.2. The van der Waals surface area contributed by atoms with Gasteiger partial charge in [-0.1, -0.05) is 6.34 Å². The number of rotatable bonds is 1. The average molecular weight is 139 g/mol. The normalized spacial score (nSPS) is 29.1. The van der Waals surface area contributed by atoms with Crippen LogP contribution < -0.4 is 5.73 Å². The molecule has 0 aromatic carbocycles. The highest BCUT2D eigenvalue weighted by molar-refractivity contribution is 5.93. The molecule has 1 heterocycles. The summed E-state index contributed by atoms with van der Waals surface area (Å²) in [7, 11) is 0. The zero-order valence-electron chi connectivity index (χ0n) is 5.01. The van der Waals surface area contributed by atoms with Crippen molar-refractivity contribution < 1.29 is 4.79 Å². The van der Waals surface area contributed by atoms with Crippen LogP contribution in [-0.4, -0.2) is 24.5 Å². The van der Waals surface area contributed by atoms with E-state index in [4.69, 9.17) is 11.1 Å². The molecule has 0 spiro atoms. The molecule has 0 bridgehead atoms. The van der Waals surface area contributed by atoms with Gasteiger partial charge in [0.2, 0.25) is 11.3 Å². The molecule has 0 saturated carbocycles. The van der Waals surface area contributed by atoms with Crippen LogP contribution in [0.3, 0.4) is 0 Å². The largest absolute Gasteiger partial charge is 0.453 e. The number of diazo groups is 1. The summed E-state index contributed by atoms with van der Waals surface area (Å²) < 4.78 is 0. The lowest BCUT2D eigenvalue weighted by molar-refractivity contribution is -0.118. The van der Waals surface area contributed by atoms with Gasteiger partial charge in [-0.2, -0.15) is 0 Å².